The lowest BCUT2D eigenvalue weighted by molar-refractivity contribution is -0.116. The molecule has 8 nitrogen and oxygen atoms in total. The van der Waals surface area contributed by atoms with Gasteiger partial charge in [-0.1, -0.05) is 55.0 Å². The minimum Gasteiger partial charge on any atom is -0.478 e. The maximum absolute atomic E-state index is 12.2. The Balaban J connectivity index is 1.14. The minimum atomic E-state index is -1.11. The lowest BCUT2D eigenvalue weighted by atomic mass is 9.98. The van der Waals surface area contributed by atoms with Crippen LogP contribution in [0.5, 0.6) is 0 Å². The Morgan fingerprint density at radius 3 is 2.31 bits per heavy atom. The number of benzene rings is 2. The first-order valence-corrected chi connectivity index (χ1v) is 12.3. The molecule has 1 aromatic heterocycles. The number of carboxylic acid groups (broad SMARTS) is 1. The van der Waals surface area contributed by atoms with Crippen molar-refractivity contribution in [2.24, 2.45) is 0 Å². The Kier molecular flexibility index (Phi) is 7.77. The van der Waals surface area contributed by atoms with Gasteiger partial charge in [0.25, 0.3) is 0 Å². The number of rotatable bonds is 10. The summed E-state index contributed by atoms with van der Waals surface area (Å²) in [5.41, 5.74) is 5.14. The SMILES string of the molecule is Cc1nsc(NC(=O)CCCCCNC(=O)OCC2c3ccccc3-c3ccccc32)c1C(=O)O. The van der Waals surface area contributed by atoms with E-state index >= 15 is 0 Å². The van der Waals surface area contributed by atoms with Crippen molar-refractivity contribution in [2.45, 2.75) is 38.5 Å². The second-order valence-electron chi connectivity index (χ2n) is 8.39. The average molecular weight is 494 g/mol. The number of anilines is 1. The normalized spacial score (nSPS) is 12.0. The summed E-state index contributed by atoms with van der Waals surface area (Å²) in [4.78, 5) is 35.6. The van der Waals surface area contributed by atoms with E-state index in [9.17, 15) is 19.5 Å². The number of nitrogens with one attached hydrogen (secondary N) is 2. The quantitative estimate of drug-likeness (QED) is 0.335. The first kappa shape index (κ1) is 24.4. The van der Waals surface area contributed by atoms with Crippen molar-refractivity contribution in [2.75, 3.05) is 18.5 Å². The van der Waals surface area contributed by atoms with E-state index in [1.165, 1.54) is 22.3 Å². The molecule has 1 aliphatic carbocycles. The first-order chi connectivity index (χ1) is 17.0. The molecule has 4 rings (SSSR count). The van der Waals surface area contributed by atoms with Crippen LogP contribution < -0.4 is 10.6 Å². The number of fused-ring (bicyclic) bond motifs is 3. The Bertz CT molecular complexity index is 1190. The van der Waals surface area contributed by atoms with Crippen molar-refractivity contribution in [1.82, 2.24) is 9.69 Å². The van der Waals surface area contributed by atoms with E-state index in [1.54, 1.807) is 6.92 Å². The highest BCUT2D eigenvalue weighted by Gasteiger charge is 2.29. The Morgan fingerprint density at radius 2 is 1.66 bits per heavy atom. The summed E-state index contributed by atoms with van der Waals surface area (Å²) < 4.78 is 9.50. The summed E-state index contributed by atoms with van der Waals surface area (Å²) in [6.07, 6.45) is 1.88. The van der Waals surface area contributed by atoms with E-state index in [4.69, 9.17) is 4.74 Å². The molecule has 3 N–H and O–H groups in total. The van der Waals surface area contributed by atoms with Crippen molar-refractivity contribution in [3.8, 4) is 11.1 Å². The van der Waals surface area contributed by atoms with E-state index in [1.807, 2.05) is 24.3 Å². The maximum Gasteiger partial charge on any atom is 0.407 e. The highest BCUT2D eigenvalue weighted by molar-refractivity contribution is 7.11. The van der Waals surface area contributed by atoms with E-state index in [2.05, 4.69) is 39.3 Å². The van der Waals surface area contributed by atoms with Gasteiger partial charge in [0.15, 0.2) is 0 Å². The molecule has 3 aromatic rings. The number of alkyl carbamates (subject to hydrolysis) is 1. The van der Waals surface area contributed by atoms with Crippen molar-refractivity contribution in [3.63, 3.8) is 0 Å². The number of carbonyl (C=O) groups is 3. The summed E-state index contributed by atoms with van der Waals surface area (Å²) in [6.45, 7) is 2.32. The van der Waals surface area contributed by atoms with E-state index in [-0.39, 0.29) is 35.4 Å². The average Bonchev–Trinajstić information content (AvgIpc) is 3.37. The predicted octanol–water partition coefficient (Wildman–Crippen LogP) is 5.19. The van der Waals surface area contributed by atoms with Gasteiger partial charge in [-0.3, -0.25) is 4.79 Å². The number of hydrogen-bond donors (Lipinski definition) is 3. The topological polar surface area (TPSA) is 118 Å². The zero-order valence-corrected chi connectivity index (χ0v) is 20.2. The Labute approximate surface area is 207 Å². The van der Waals surface area contributed by atoms with Crippen molar-refractivity contribution in [1.29, 1.82) is 0 Å². The fourth-order valence-corrected chi connectivity index (χ4v) is 5.13. The van der Waals surface area contributed by atoms with Crippen LogP contribution in [0.1, 0.15) is 58.8 Å². The number of ether oxygens (including phenoxy) is 1. The van der Waals surface area contributed by atoms with Crippen LogP contribution in [0.3, 0.4) is 0 Å². The smallest absolute Gasteiger partial charge is 0.407 e. The molecule has 2 amide bonds. The monoisotopic (exact) mass is 493 g/mol. The number of aromatic nitrogens is 1. The highest BCUT2D eigenvalue weighted by Crippen LogP contribution is 2.44. The third-order valence-electron chi connectivity index (χ3n) is 6.02. The Hall–Kier alpha value is -3.72. The number of aromatic carboxylic acids is 1. The molecule has 9 heteroatoms. The largest absolute Gasteiger partial charge is 0.478 e. The van der Waals surface area contributed by atoms with Crippen LogP contribution in [-0.2, 0) is 9.53 Å². The second kappa shape index (κ2) is 11.1. The fourth-order valence-electron chi connectivity index (χ4n) is 4.32. The van der Waals surface area contributed by atoms with Gasteiger partial charge in [-0.25, -0.2) is 9.59 Å². The van der Waals surface area contributed by atoms with Crippen LogP contribution in [0.15, 0.2) is 48.5 Å². The van der Waals surface area contributed by atoms with Crippen LogP contribution >= 0.6 is 11.5 Å². The molecule has 0 aliphatic heterocycles. The summed E-state index contributed by atoms with van der Waals surface area (Å²) >= 11 is 0.965. The summed E-state index contributed by atoms with van der Waals surface area (Å²) in [5, 5.41) is 14.9. The summed E-state index contributed by atoms with van der Waals surface area (Å²) in [7, 11) is 0. The number of aryl methyl sites for hydroxylation is 1. The lowest BCUT2D eigenvalue weighted by Gasteiger charge is -2.14. The number of amides is 2. The minimum absolute atomic E-state index is 0.0237. The number of hydrogen-bond acceptors (Lipinski definition) is 6. The summed E-state index contributed by atoms with van der Waals surface area (Å²) in [6, 6.07) is 16.4. The van der Waals surface area contributed by atoms with E-state index in [0.717, 1.165) is 18.0 Å². The summed E-state index contributed by atoms with van der Waals surface area (Å²) in [5.74, 6) is -1.33. The zero-order chi connectivity index (χ0) is 24.8. The second-order valence-corrected chi connectivity index (χ2v) is 9.16. The molecule has 0 unspecified atom stereocenters. The molecule has 2 aromatic carbocycles. The number of carboxylic acids is 1. The number of carbonyl (C=O) groups excluding carboxylic acids is 2. The van der Waals surface area contributed by atoms with Crippen LogP contribution in [0.2, 0.25) is 0 Å². The van der Waals surface area contributed by atoms with Crippen molar-refractivity contribution < 1.29 is 24.2 Å². The highest BCUT2D eigenvalue weighted by atomic mass is 32.1. The fraction of sp³-hybridized carbons (Fsp3) is 0.308. The van der Waals surface area contributed by atoms with Gasteiger partial charge in [-0.05, 0) is 53.6 Å². The molecule has 0 bridgehead atoms. The molecule has 0 radical (unpaired) electrons. The molecule has 0 saturated carbocycles. The van der Waals surface area contributed by atoms with Gasteiger partial charge in [-0.2, -0.15) is 4.37 Å². The third kappa shape index (κ3) is 5.68. The van der Waals surface area contributed by atoms with Crippen LogP contribution in [0.25, 0.3) is 11.1 Å². The lowest BCUT2D eigenvalue weighted by Crippen LogP contribution is -2.27. The molecule has 0 spiro atoms. The van der Waals surface area contributed by atoms with Crippen LogP contribution in [0, 0.1) is 6.92 Å². The van der Waals surface area contributed by atoms with Crippen molar-refractivity contribution in [3.05, 3.63) is 70.9 Å². The molecule has 0 saturated heterocycles. The Morgan fingerprint density at radius 1 is 1.00 bits per heavy atom. The van der Waals surface area contributed by atoms with Gasteiger partial charge in [-0.15, -0.1) is 0 Å². The molecule has 0 fully saturated rings. The van der Waals surface area contributed by atoms with Gasteiger partial charge in [0.1, 0.15) is 17.2 Å². The standard InChI is InChI=1S/C26H27N3O5S/c1-16-23(25(31)32)24(35-29-16)28-22(30)13-3-2-8-14-27-26(33)34-15-21-19-11-6-4-9-17(19)18-10-5-7-12-20(18)21/h4-7,9-12,21H,2-3,8,13-15H2,1H3,(H,27,33)(H,28,30)(H,31,32). The molecule has 1 aliphatic rings. The number of nitrogens with zero attached hydrogens (tertiary/aromatic N) is 1. The van der Waals surface area contributed by atoms with Gasteiger partial charge in [0, 0.05) is 18.9 Å². The molecule has 1 heterocycles. The predicted molar refractivity (Wildman–Crippen MR) is 134 cm³/mol. The van der Waals surface area contributed by atoms with Crippen LogP contribution in [0.4, 0.5) is 9.80 Å². The molecule has 0 atom stereocenters. The van der Waals surface area contributed by atoms with Crippen molar-refractivity contribution >= 4 is 34.5 Å². The maximum atomic E-state index is 12.2. The first-order valence-electron chi connectivity index (χ1n) is 11.5. The van der Waals surface area contributed by atoms with E-state index in [0.29, 0.717) is 25.1 Å². The van der Waals surface area contributed by atoms with Crippen LogP contribution in [-0.4, -0.2) is 40.6 Å². The molecular weight excluding hydrogens is 466 g/mol. The van der Waals surface area contributed by atoms with Gasteiger partial charge < -0.3 is 20.5 Å². The zero-order valence-electron chi connectivity index (χ0n) is 19.4. The van der Waals surface area contributed by atoms with Gasteiger partial charge in [0.2, 0.25) is 5.91 Å². The van der Waals surface area contributed by atoms with Gasteiger partial charge in [0.05, 0.1) is 5.69 Å². The number of unbranched alkanes of at least 4 members (excludes halogenated alkanes) is 2. The van der Waals surface area contributed by atoms with E-state index < -0.39 is 12.1 Å². The molecular formula is C26H27N3O5S. The third-order valence-corrected chi connectivity index (χ3v) is 6.88. The molecule has 35 heavy (non-hydrogen) atoms. The molecule has 182 valence electrons. The van der Waals surface area contributed by atoms with Gasteiger partial charge >= 0.3 is 12.1 Å².